The van der Waals surface area contributed by atoms with E-state index in [9.17, 15) is 10.5 Å². The molecule has 240 valence electrons. The lowest BCUT2D eigenvalue weighted by Gasteiger charge is -2.57. The molecule has 0 spiro atoms. The zero-order chi connectivity index (χ0) is 33.7. The first-order valence-electron chi connectivity index (χ1n) is 17.6. The van der Waals surface area contributed by atoms with Crippen molar-refractivity contribution in [2.24, 2.45) is 17.8 Å². The Morgan fingerprint density at radius 2 is 0.820 bits per heavy atom. The number of benzene rings is 5. The fourth-order valence-electron chi connectivity index (χ4n) is 9.35. The maximum atomic E-state index is 9.28. The summed E-state index contributed by atoms with van der Waals surface area (Å²) in [6.07, 6.45) is 8.32. The number of rotatable bonds is 6. The number of hydrogen-bond donors (Lipinski definition) is 0. The van der Waals surface area contributed by atoms with E-state index in [-0.39, 0.29) is 0 Å². The van der Waals surface area contributed by atoms with Crippen LogP contribution in [0.3, 0.4) is 0 Å². The Morgan fingerprint density at radius 3 is 1.24 bits per heavy atom. The maximum Gasteiger partial charge on any atom is 0.164 e. The molecule has 1 heterocycles. The van der Waals surface area contributed by atoms with E-state index in [1.54, 1.807) is 0 Å². The van der Waals surface area contributed by atoms with Gasteiger partial charge in [0.25, 0.3) is 0 Å². The van der Waals surface area contributed by atoms with Crippen LogP contribution < -0.4 is 0 Å². The molecule has 0 amide bonds. The zero-order valence-corrected chi connectivity index (χ0v) is 27.8. The van der Waals surface area contributed by atoms with Crippen LogP contribution in [-0.4, -0.2) is 15.0 Å². The van der Waals surface area contributed by atoms with E-state index in [2.05, 4.69) is 60.7 Å². The minimum Gasteiger partial charge on any atom is -0.208 e. The van der Waals surface area contributed by atoms with Crippen molar-refractivity contribution in [2.45, 2.75) is 43.9 Å². The third kappa shape index (κ3) is 5.56. The molecule has 6 aromatic rings. The molecule has 4 saturated carbocycles. The second kappa shape index (κ2) is 12.2. The molecule has 5 aromatic carbocycles. The molecule has 4 aliphatic rings. The molecule has 4 fully saturated rings. The molecular weight excluding hydrogens is 611 g/mol. The quantitative estimate of drug-likeness (QED) is 0.180. The van der Waals surface area contributed by atoms with Gasteiger partial charge >= 0.3 is 0 Å². The number of hydrogen-bond acceptors (Lipinski definition) is 5. The Balaban J connectivity index is 1.12. The van der Waals surface area contributed by atoms with Gasteiger partial charge in [0.1, 0.15) is 0 Å². The molecule has 0 atom stereocenters. The van der Waals surface area contributed by atoms with Crippen molar-refractivity contribution in [1.82, 2.24) is 15.0 Å². The molecule has 0 radical (unpaired) electrons. The smallest absolute Gasteiger partial charge is 0.164 e. The van der Waals surface area contributed by atoms with Crippen molar-refractivity contribution >= 4 is 0 Å². The first kappa shape index (κ1) is 30.2. The summed E-state index contributed by atoms with van der Waals surface area (Å²) >= 11 is 0. The lowest BCUT2D eigenvalue weighted by Crippen LogP contribution is -2.48. The highest BCUT2D eigenvalue weighted by atomic mass is 15.0. The van der Waals surface area contributed by atoms with E-state index in [1.807, 2.05) is 72.8 Å². The molecule has 0 N–H and O–H groups in total. The Hall–Kier alpha value is -5.91. The third-order valence-corrected chi connectivity index (χ3v) is 11.4. The van der Waals surface area contributed by atoms with Crippen LogP contribution in [0.15, 0.2) is 121 Å². The summed E-state index contributed by atoms with van der Waals surface area (Å²) in [5, 5.41) is 18.6. The summed E-state index contributed by atoms with van der Waals surface area (Å²) < 4.78 is 0. The topological polar surface area (TPSA) is 86.2 Å². The van der Waals surface area contributed by atoms with Crippen LogP contribution in [0.5, 0.6) is 0 Å². The minimum atomic E-state index is 0.334. The lowest BCUT2D eigenvalue weighted by molar-refractivity contribution is -0.00518. The van der Waals surface area contributed by atoms with Gasteiger partial charge in [-0.15, -0.1) is 0 Å². The van der Waals surface area contributed by atoms with Crippen molar-refractivity contribution < 1.29 is 0 Å². The average molecular weight is 646 g/mol. The number of nitrogens with zero attached hydrogens (tertiary/aromatic N) is 5. The van der Waals surface area contributed by atoms with Crippen molar-refractivity contribution in [3.05, 3.63) is 138 Å². The zero-order valence-electron chi connectivity index (χ0n) is 27.8. The Labute approximate surface area is 293 Å². The second-order valence-corrected chi connectivity index (χ2v) is 14.6. The predicted molar refractivity (Wildman–Crippen MR) is 196 cm³/mol. The van der Waals surface area contributed by atoms with Gasteiger partial charge in [0.05, 0.1) is 23.3 Å². The molecule has 10 rings (SSSR count). The summed E-state index contributed by atoms with van der Waals surface area (Å²) in [5.74, 6) is 4.55. The van der Waals surface area contributed by atoms with Crippen LogP contribution in [0.4, 0.5) is 0 Å². The van der Waals surface area contributed by atoms with Crippen molar-refractivity contribution in [3.8, 4) is 68.6 Å². The molecule has 0 saturated heterocycles. The van der Waals surface area contributed by atoms with Gasteiger partial charge in [-0.2, -0.15) is 10.5 Å². The van der Waals surface area contributed by atoms with E-state index in [1.165, 1.54) is 44.1 Å². The van der Waals surface area contributed by atoms with Crippen LogP contribution in [0, 0.1) is 40.4 Å². The average Bonchev–Trinajstić information content (AvgIpc) is 3.17. The fraction of sp³-hybridized carbons (Fsp3) is 0.222. The third-order valence-electron chi connectivity index (χ3n) is 11.4. The van der Waals surface area contributed by atoms with Gasteiger partial charge in [-0.25, -0.2) is 15.0 Å². The number of nitriles is 2. The van der Waals surface area contributed by atoms with Gasteiger partial charge in [-0.3, -0.25) is 0 Å². The molecule has 5 nitrogen and oxygen atoms in total. The molecule has 0 unspecified atom stereocenters. The standard InChI is InChI=1S/C45H35N5/c46-27-29-7-11-34(12-8-29)37-3-1-5-39(22-37)43-48-42(36-15-17-41(18-16-36)45-24-31-19-32(25-45)21-33(20-31)26-45)49-44(50-43)40-6-2-4-38(23-40)35-13-9-30(28-47)10-14-35/h1-18,22-23,31-33H,19-21,24-26H2/t31-,32+,33-,45?. The van der Waals surface area contributed by atoms with Crippen LogP contribution in [-0.2, 0) is 5.41 Å². The SMILES string of the molecule is N#Cc1ccc(-c2cccc(-c3nc(-c4ccc(C56C[C@H]7C[C@@H](C5)C[C@@H](C6)C7)cc4)nc(-c4cccc(-c5ccc(C#N)cc5)c4)n3)c2)cc1. The maximum absolute atomic E-state index is 9.28. The predicted octanol–water partition coefficient (Wildman–Crippen LogP) is 10.4. The number of aromatic nitrogens is 3. The van der Waals surface area contributed by atoms with E-state index < -0.39 is 0 Å². The van der Waals surface area contributed by atoms with Crippen molar-refractivity contribution in [2.75, 3.05) is 0 Å². The van der Waals surface area contributed by atoms with Crippen molar-refractivity contribution in [3.63, 3.8) is 0 Å². The van der Waals surface area contributed by atoms with Gasteiger partial charge in [-0.1, -0.05) is 84.9 Å². The van der Waals surface area contributed by atoms with Crippen LogP contribution in [0.25, 0.3) is 56.4 Å². The van der Waals surface area contributed by atoms with E-state index in [0.29, 0.717) is 34.0 Å². The molecule has 5 heteroatoms. The van der Waals surface area contributed by atoms with Gasteiger partial charge in [-0.05, 0) is 126 Å². The summed E-state index contributed by atoms with van der Waals surface area (Å²) in [5.41, 5.74) is 9.96. The minimum absolute atomic E-state index is 0.334. The Morgan fingerprint density at radius 1 is 0.440 bits per heavy atom. The Kier molecular flexibility index (Phi) is 7.36. The highest BCUT2D eigenvalue weighted by molar-refractivity contribution is 5.75. The molecular formula is C45H35N5. The van der Waals surface area contributed by atoms with Crippen LogP contribution in [0.1, 0.15) is 55.2 Å². The van der Waals surface area contributed by atoms with E-state index >= 15 is 0 Å². The Bertz CT molecular complexity index is 2150. The molecule has 50 heavy (non-hydrogen) atoms. The first-order chi connectivity index (χ1) is 24.5. The van der Waals surface area contributed by atoms with Crippen LogP contribution in [0.2, 0.25) is 0 Å². The highest BCUT2D eigenvalue weighted by Crippen LogP contribution is 2.60. The molecule has 0 aliphatic heterocycles. The second-order valence-electron chi connectivity index (χ2n) is 14.6. The molecule has 4 aliphatic carbocycles. The fourth-order valence-corrected chi connectivity index (χ4v) is 9.35. The molecule has 4 bridgehead atoms. The van der Waals surface area contributed by atoms with Crippen molar-refractivity contribution in [1.29, 1.82) is 10.5 Å². The normalized spacial score (nSPS) is 21.8. The van der Waals surface area contributed by atoms with Gasteiger partial charge in [0.15, 0.2) is 17.5 Å². The van der Waals surface area contributed by atoms with E-state index in [0.717, 1.165) is 56.7 Å². The lowest BCUT2D eigenvalue weighted by atomic mass is 9.48. The summed E-state index contributed by atoms with van der Waals surface area (Å²) in [4.78, 5) is 15.2. The summed E-state index contributed by atoms with van der Waals surface area (Å²) in [6, 6.07) is 45.3. The van der Waals surface area contributed by atoms with Gasteiger partial charge < -0.3 is 0 Å². The van der Waals surface area contributed by atoms with Gasteiger partial charge in [0, 0.05) is 16.7 Å². The summed E-state index contributed by atoms with van der Waals surface area (Å²) in [7, 11) is 0. The molecule has 1 aromatic heterocycles. The van der Waals surface area contributed by atoms with Gasteiger partial charge in [0.2, 0.25) is 0 Å². The van der Waals surface area contributed by atoms with E-state index in [4.69, 9.17) is 15.0 Å². The highest BCUT2D eigenvalue weighted by Gasteiger charge is 2.51. The van der Waals surface area contributed by atoms with Crippen LogP contribution >= 0.6 is 0 Å². The largest absolute Gasteiger partial charge is 0.208 e. The monoisotopic (exact) mass is 645 g/mol. The first-order valence-corrected chi connectivity index (χ1v) is 17.6. The summed E-state index contributed by atoms with van der Waals surface area (Å²) in [6.45, 7) is 0.